The Kier molecular flexibility index (Phi) is 4.18. The number of benzene rings is 1. The third-order valence-corrected chi connectivity index (χ3v) is 11.0. The lowest BCUT2D eigenvalue weighted by Crippen LogP contribution is -2.51. The van der Waals surface area contributed by atoms with Gasteiger partial charge >= 0.3 is 0 Å². The van der Waals surface area contributed by atoms with Crippen LogP contribution in [0.25, 0.3) is 6.08 Å². The van der Waals surface area contributed by atoms with Crippen LogP contribution in [0.15, 0.2) is 24.3 Å². The molecule has 1 aromatic carbocycles. The maximum atomic E-state index is 13.6. The molecule has 1 saturated heterocycles. The second kappa shape index (κ2) is 6.14. The fourth-order valence-corrected chi connectivity index (χ4v) is 9.14. The Morgan fingerprint density at radius 3 is 2.55 bits per heavy atom. The van der Waals surface area contributed by atoms with Crippen LogP contribution in [0.5, 0.6) is 0 Å². The molecule has 3 fully saturated rings. The predicted octanol–water partition coefficient (Wildman–Crippen LogP) is 3.70. The summed E-state index contributed by atoms with van der Waals surface area (Å²) in [4.78, 5) is 0. The van der Waals surface area contributed by atoms with Gasteiger partial charge in [0, 0.05) is 23.9 Å². The summed E-state index contributed by atoms with van der Waals surface area (Å²) >= 11 is 0. The fraction of sp³-hybridized carbons (Fsp3) is 0.652. The van der Waals surface area contributed by atoms with Gasteiger partial charge in [-0.1, -0.05) is 32.1 Å². The Hall–Kier alpha value is -1.24. The van der Waals surface area contributed by atoms with E-state index in [1.807, 2.05) is 12.1 Å². The molecule has 4 nitrogen and oxygen atoms in total. The van der Waals surface area contributed by atoms with E-state index in [0.29, 0.717) is 31.8 Å². The number of hydrogen-bond donors (Lipinski definition) is 1. The van der Waals surface area contributed by atoms with Crippen LogP contribution in [-0.2, 0) is 15.4 Å². The van der Waals surface area contributed by atoms with Gasteiger partial charge in [-0.2, -0.15) is 0 Å². The van der Waals surface area contributed by atoms with Gasteiger partial charge in [0.15, 0.2) is 0 Å². The van der Waals surface area contributed by atoms with Crippen LogP contribution in [0.4, 0.5) is 4.39 Å². The van der Waals surface area contributed by atoms with Crippen LogP contribution in [0.1, 0.15) is 57.1 Å². The number of sulfonamides is 1. The van der Waals surface area contributed by atoms with Crippen LogP contribution in [0, 0.1) is 22.6 Å². The fourth-order valence-electron chi connectivity index (χ4n) is 6.86. The zero-order valence-corrected chi connectivity index (χ0v) is 18.0. The zero-order valence-electron chi connectivity index (χ0n) is 17.2. The second-order valence-corrected chi connectivity index (χ2v) is 12.2. The minimum Gasteiger partial charge on any atom is -0.392 e. The number of rotatable bonds is 3. The van der Waals surface area contributed by atoms with Crippen molar-refractivity contribution in [1.29, 1.82) is 0 Å². The number of aliphatic hydroxyl groups is 1. The molecule has 0 radical (unpaired) electrons. The number of piperidine rings is 1. The maximum Gasteiger partial charge on any atom is 0.214 e. The van der Waals surface area contributed by atoms with E-state index in [1.165, 1.54) is 6.07 Å². The van der Waals surface area contributed by atoms with E-state index < -0.39 is 21.5 Å². The number of nitrogens with zero attached hydrogens (tertiary/aromatic N) is 1. The normalized spacial score (nSPS) is 34.8. The minimum atomic E-state index is -3.46. The molecule has 1 N–H and O–H groups in total. The number of halogens is 1. The van der Waals surface area contributed by atoms with Crippen molar-refractivity contribution < 1.29 is 17.9 Å². The standard InChI is InChI=1S/C23H30FNO3S/c1-21(2)17-6-8-23(21,20(26)14-17)15-29(27,28)25-11-9-22(10-12-25)7-5-16-13-18(24)3-4-19(16)22/h3-5,7,13,17,20,26H,6,8-12,14-15H2,1-2H3/t17?,20-,23-/m1/s1. The van der Waals surface area contributed by atoms with Crippen molar-refractivity contribution in [3.8, 4) is 0 Å². The third kappa shape index (κ3) is 2.64. The largest absolute Gasteiger partial charge is 0.392 e. The van der Waals surface area contributed by atoms with E-state index in [2.05, 4.69) is 19.9 Å². The number of allylic oxidation sites excluding steroid dienone is 1. The topological polar surface area (TPSA) is 57.6 Å². The van der Waals surface area contributed by atoms with Crippen molar-refractivity contribution in [3.63, 3.8) is 0 Å². The highest BCUT2D eigenvalue weighted by molar-refractivity contribution is 7.89. The summed E-state index contributed by atoms with van der Waals surface area (Å²) in [5.74, 6) is 0.227. The Bertz CT molecular complexity index is 978. The molecular weight excluding hydrogens is 389 g/mol. The van der Waals surface area contributed by atoms with Crippen molar-refractivity contribution in [2.45, 2.75) is 57.5 Å². The molecule has 2 bridgehead atoms. The van der Waals surface area contributed by atoms with Crippen molar-refractivity contribution in [2.75, 3.05) is 18.8 Å². The molecule has 0 amide bonds. The number of aliphatic hydroxyl groups excluding tert-OH is 1. The lowest BCUT2D eigenvalue weighted by molar-refractivity contribution is 0.0143. The summed E-state index contributed by atoms with van der Waals surface area (Å²) in [5.41, 5.74) is 1.17. The minimum absolute atomic E-state index is 0.0509. The van der Waals surface area contributed by atoms with Gasteiger partial charge in [0.25, 0.3) is 0 Å². The summed E-state index contributed by atoms with van der Waals surface area (Å²) in [7, 11) is -3.46. The monoisotopic (exact) mass is 419 g/mol. The van der Waals surface area contributed by atoms with Crippen molar-refractivity contribution >= 4 is 16.1 Å². The van der Waals surface area contributed by atoms with E-state index in [9.17, 15) is 17.9 Å². The van der Waals surface area contributed by atoms with E-state index in [4.69, 9.17) is 0 Å². The summed E-state index contributed by atoms with van der Waals surface area (Å²) in [6.45, 7) is 5.22. The molecule has 5 rings (SSSR count). The highest BCUT2D eigenvalue weighted by Crippen LogP contribution is 2.66. The summed E-state index contributed by atoms with van der Waals surface area (Å²) < 4.78 is 42.0. The predicted molar refractivity (Wildman–Crippen MR) is 111 cm³/mol. The molecule has 158 valence electrons. The SMILES string of the molecule is CC1(C)C2CC[C@@]1(CS(=O)(=O)N1CCC3(C=Cc4cc(F)ccc43)CC1)[C@H](O)C2. The molecule has 29 heavy (non-hydrogen) atoms. The van der Waals surface area contributed by atoms with E-state index >= 15 is 0 Å². The van der Waals surface area contributed by atoms with Gasteiger partial charge in [-0.25, -0.2) is 17.1 Å². The van der Waals surface area contributed by atoms with Crippen LogP contribution in [0.3, 0.4) is 0 Å². The maximum absolute atomic E-state index is 13.6. The Balaban J connectivity index is 1.35. The van der Waals surface area contributed by atoms with Gasteiger partial charge < -0.3 is 5.11 Å². The number of hydrogen-bond acceptors (Lipinski definition) is 3. The van der Waals surface area contributed by atoms with E-state index in [1.54, 1.807) is 10.4 Å². The molecule has 1 unspecified atom stereocenters. The highest BCUT2D eigenvalue weighted by Gasteiger charge is 2.65. The molecule has 6 heteroatoms. The first-order chi connectivity index (χ1) is 13.6. The first kappa shape index (κ1) is 19.7. The Labute approximate surface area is 172 Å². The molecule has 2 saturated carbocycles. The van der Waals surface area contributed by atoms with Crippen molar-refractivity contribution in [1.82, 2.24) is 4.31 Å². The van der Waals surface area contributed by atoms with Gasteiger partial charge in [-0.3, -0.25) is 0 Å². The summed E-state index contributed by atoms with van der Waals surface area (Å²) in [6.07, 6.45) is 7.53. The van der Waals surface area contributed by atoms with Gasteiger partial charge in [-0.05, 0) is 66.7 Å². The van der Waals surface area contributed by atoms with Crippen LogP contribution in [0.2, 0.25) is 0 Å². The average Bonchev–Trinajstić information content (AvgIpc) is 3.18. The Morgan fingerprint density at radius 1 is 1.21 bits per heavy atom. The van der Waals surface area contributed by atoms with Crippen LogP contribution < -0.4 is 0 Å². The van der Waals surface area contributed by atoms with Crippen molar-refractivity contribution in [3.05, 3.63) is 41.2 Å². The van der Waals surface area contributed by atoms with Gasteiger partial charge in [0.2, 0.25) is 10.0 Å². The molecule has 1 spiro atoms. The van der Waals surface area contributed by atoms with E-state index in [-0.39, 0.29) is 22.4 Å². The zero-order chi connectivity index (χ0) is 20.7. The molecule has 4 aliphatic rings. The Morgan fingerprint density at radius 2 is 1.93 bits per heavy atom. The summed E-state index contributed by atoms with van der Waals surface area (Å²) in [5, 5.41) is 10.7. The number of fused-ring (bicyclic) bond motifs is 4. The molecule has 3 aliphatic carbocycles. The molecule has 1 heterocycles. The van der Waals surface area contributed by atoms with Crippen molar-refractivity contribution in [2.24, 2.45) is 16.7 Å². The van der Waals surface area contributed by atoms with Crippen LogP contribution >= 0.6 is 0 Å². The second-order valence-electron chi connectivity index (χ2n) is 10.2. The lowest BCUT2D eigenvalue weighted by Gasteiger charge is -2.43. The van der Waals surface area contributed by atoms with Crippen LogP contribution in [-0.4, -0.2) is 42.8 Å². The smallest absolute Gasteiger partial charge is 0.214 e. The first-order valence-electron chi connectivity index (χ1n) is 10.7. The quantitative estimate of drug-likeness (QED) is 0.813. The van der Waals surface area contributed by atoms with E-state index in [0.717, 1.165) is 30.4 Å². The third-order valence-electron chi connectivity index (χ3n) is 8.97. The molecule has 0 aromatic heterocycles. The highest BCUT2D eigenvalue weighted by atomic mass is 32.2. The lowest BCUT2D eigenvalue weighted by atomic mass is 9.70. The average molecular weight is 420 g/mol. The molecule has 3 atom stereocenters. The molecule has 1 aromatic rings. The molecule has 1 aliphatic heterocycles. The van der Waals surface area contributed by atoms with Gasteiger partial charge in [0.1, 0.15) is 5.82 Å². The molecular formula is C23H30FNO3S. The van der Waals surface area contributed by atoms with Gasteiger partial charge in [0.05, 0.1) is 11.9 Å². The van der Waals surface area contributed by atoms with Gasteiger partial charge in [-0.15, -0.1) is 0 Å². The summed E-state index contributed by atoms with van der Waals surface area (Å²) in [6, 6.07) is 4.91. The first-order valence-corrected chi connectivity index (χ1v) is 12.4.